The first-order chi connectivity index (χ1) is 4.68. The van der Waals surface area contributed by atoms with E-state index in [1.807, 2.05) is 0 Å². The predicted molar refractivity (Wildman–Crippen MR) is 34.1 cm³/mol. The predicted octanol–water partition coefficient (Wildman–Crippen LogP) is -1.49. The fraction of sp³-hybridized carbons (Fsp3) is 0.833. The van der Waals surface area contributed by atoms with Gasteiger partial charge in [-0.3, -0.25) is 0 Å². The van der Waals surface area contributed by atoms with Crippen molar-refractivity contribution in [1.29, 1.82) is 0 Å². The monoisotopic (exact) mass is 149 g/mol. The average Bonchev–Trinajstić information content (AvgIpc) is 1.89. The van der Waals surface area contributed by atoms with Gasteiger partial charge in [0.25, 0.3) is 0 Å². The molecule has 0 unspecified atom stereocenters. The maximum atomic E-state index is 9.49. The minimum atomic E-state index is -0.961. The molecule has 0 fully saturated rings. The van der Waals surface area contributed by atoms with Gasteiger partial charge in [0, 0.05) is 5.97 Å². The van der Waals surface area contributed by atoms with Crippen molar-refractivity contribution in [2.24, 2.45) is 0 Å². The smallest absolute Gasteiger partial charge is 0.0662 e. The number of carboxylic acids is 1. The van der Waals surface area contributed by atoms with Crippen molar-refractivity contribution in [2.45, 2.75) is 19.8 Å². The van der Waals surface area contributed by atoms with Crippen LogP contribution in [0.15, 0.2) is 0 Å². The van der Waals surface area contributed by atoms with Crippen molar-refractivity contribution < 1.29 is 20.1 Å². The van der Waals surface area contributed by atoms with E-state index in [1.54, 1.807) is 6.92 Å². The summed E-state index contributed by atoms with van der Waals surface area (Å²) in [7, 11) is 0. The van der Waals surface area contributed by atoms with Crippen LogP contribution in [0.1, 0.15) is 19.8 Å². The summed E-state index contributed by atoms with van der Waals surface area (Å²) in [5.41, 5.74) is 0. The van der Waals surface area contributed by atoms with Crippen LogP contribution in [0.2, 0.25) is 0 Å². The second-order valence-electron chi connectivity index (χ2n) is 1.57. The lowest BCUT2D eigenvalue weighted by molar-refractivity contribution is -0.305. The number of carboxylic acid groups (broad SMARTS) is 1. The number of rotatable bonds is 3. The molecule has 2 N–H and O–H groups in total. The molecule has 0 atom stereocenters. The third-order valence-corrected chi connectivity index (χ3v) is 0.554. The minimum absolute atomic E-state index is 0.125. The number of hydrogen-bond acceptors (Lipinski definition) is 4. The molecule has 0 saturated heterocycles. The summed E-state index contributed by atoms with van der Waals surface area (Å²) in [5, 5.41) is 24.7. The molecule has 0 saturated carbocycles. The lowest BCUT2D eigenvalue weighted by atomic mass is 10.4. The molecule has 0 aromatic rings. The summed E-state index contributed by atoms with van der Waals surface area (Å²) in [6, 6.07) is 0. The highest BCUT2D eigenvalue weighted by molar-refractivity contribution is 5.63. The molecule has 4 heteroatoms. The van der Waals surface area contributed by atoms with E-state index in [2.05, 4.69) is 0 Å². The van der Waals surface area contributed by atoms with Gasteiger partial charge in [0.05, 0.1) is 13.2 Å². The second kappa shape index (κ2) is 11.2. The first-order valence-electron chi connectivity index (χ1n) is 3.10. The normalized spacial score (nSPS) is 7.90. The molecule has 0 aliphatic rings. The van der Waals surface area contributed by atoms with Crippen LogP contribution in [0.4, 0.5) is 0 Å². The van der Waals surface area contributed by atoms with Crippen molar-refractivity contribution in [3.05, 3.63) is 0 Å². The summed E-state index contributed by atoms with van der Waals surface area (Å²) in [6.07, 6.45) is 0.850. The molecule has 0 aromatic heterocycles. The number of aliphatic hydroxyl groups is 2. The number of aliphatic carboxylic acids is 1. The Morgan fingerprint density at radius 3 is 1.80 bits per heavy atom. The van der Waals surface area contributed by atoms with Crippen LogP contribution in [0.3, 0.4) is 0 Å². The van der Waals surface area contributed by atoms with Crippen molar-refractivity contribution in [3.8, 4) is 0 Å². The van der Waals surface area contributed by atoms with E-state index < -0.39 is 5.97 Å². The SMILES string of the molecule is CCCC(=O)[O-].OCCO. The van der Waals surface area contributed by atoms with Gasteiger partial charge in [-0.05, 0) is 6.42 Å². The van der Waals surface area contributed by atoms with E-state index in [0.29, 0.717) is 6.42 Å². The van der Waals surface area contributed by atoms with Gasteiger partial charge < -0.3 is 20.1 Å². The van der Waals surface area contributed by atoms with Crippen LogP contribution in [0.5, 0.6) is 0 Å². The van der Waals surface area contributed by atoms with Gasteiger partial charge in [0.1, 0.15) is 0 Å². The fourth-order valence-corrected chi connectivity index (χ4v) is 0.204. The molecule has 0 aliphatic heterocycles. The lowest BCUT2D eigenvalue weighted by Gasteiger charge is -1.92. The summed E-state index contributed by atoms with van der Waals surface area (Å²) >= 11 is 0. The van der Waals surface area contributed by atoms with Crippen LogP contribution >= 0.6 is 0 Å². The highest BCUT2D eigenvalue weighted by atomic mass is 16.4. The van der Waals surface area contributed by atoms with Gasteiger partial charge in [0.2, 0.25) is 0 Å². The molecule has 0 aromatic carbocycles. The maximum Gasteiger partial charge on any atom is 0.0662 e. The molecule has 0 aliphatic carbocycles. The molecule has 0 heterocycles. The molecule has 62 valence electrons. The Hall–Kier alpha value is -0.610. The molecule has 4 nitrogen and oxygen atoms in total. The van der Waals surface area contributed by atoms with Crippen molar-refractivity contribution in [1.82, 2.24) is 0 Å². The number of hydrogen-bond donors (Lipinski definition) is 2. The van der Waals surface area contributed by atoms with E-state index in [-0.39, 0.29) is 19.6 Å². The minimum Gasteiger partial charge on any atom is -0.550 e. The lowest BCUT2D eigenvalue weighted by Crippen LogP contribution is -2.20. The topological polar surface area (TPSA) is 80.6 Å². The summed E-state index contributed by atoms with van der Waals surface area (Å²) < 4.78 is 0. The molecular formula is C6H13O4-. The Morgan fingerprint density at radius 1 is 1.40 bits per heavy atom. The van der Waals surface area contributed by atoms with Crippen molar-refractivity contribution in [3.63, 3.8) is 0 Å². The molecule has 0 bridgehead atoms. The van der Waals surface area contributed by atoms with E-state index in [1.165, 1.54) is 0 Å². The Labute approximate surface area is 60.1 Å². The molecule has 0 rings (SSSR count). The summed E-state index contributed by atoms with van der Waals surface area (Å²) in [5.74, 6) is -0.961. The van der Waals surface area contributed by atoms with Crippen LogP contribution in [-0.2, 0) is 4.79 Å². The Balaban J connectivity index is 0. The highest BCUT2D eigenvalue weighted by Gasteiger charge is 1.75. The number of carbonyl (C=O) groups is 1. The first-order valence-corrected chi connectivity index (χ1v) is 3.10. The van der Waals surface area contributed by atoms with Gasteiger partial charge in [-0.2, -0.15) is 0 Å². The maximum absolute atomic E-state index is 9.49. The summed E-state index contributed by atoms with van der Waals surface area (Å²) in [4.78, 5) is 9.49. The third kappa shape index (κ3) is 26.3. The van der Waals surface area contributed by atoms with Gasteiger partial charge in [-0.1, -0.05) is 13.3 Å². The van der Waals surface area contributed by atoms with Crippen LogP contribution in [0.25, 0.3) is 0 Å². The average molecular weight is 149 g/mol. The van der Waals surface area contributed by atoms with Gasteiger partial charge in [-0.25, -0.2) is 0 Å². The molecule has 0 spiro atoms. The van der Waals surface area contributed by atoms with Crippen molar-refractivity contribution >= 4 is 5.97 Å². The first kappa shape index (κ1) is 12.1. The second-order valence-corrected chi connectivity index (χ2v) is 1.57. The van der Waals surface area contributed by atoms with Crippen LogP contribution < -0.4 is 5.11 Å². The van der Waals surface area contributed by atoms with Crippen LogP contribution in [-0.4, -0.2) is 29.4 Å². The zero-order valence-corrected chi connectivity index (χ0v) is 6.04. The Kier molecular flexibility index (Phi) is 13.6. The van der Waals surface area contributed by atoms with Gasteiger partial charge in [-0.15, -0.1) is 0 Å². The highest BCUT2D eigenvalue weighted by Crippen LogP contribution is 1.79. The Morgan fingerprint density at radius 2 is 1.80 bits per heavy atom. The fourth-order valence-electron chi connectivity index (χ4n) is 0.204. The van der Waals surface area contributed by atoms with Gasteiger partial charge >= 0.3 is 0 Å². The van der Waals surface area contributed by atoms with E-state index in [4.69, 9.17) is 10.2 Å². The van der Waals surface area contributed by atoms with E-state index >= 15 is 0 Å². The van der Waals surface area contributed by atoms with E-state index in [9.17, 15) is 9.90 Å². The van der Waals surface area contributed by atoms with Crippen molar-refractivity contribution in [2.75, 3.05) is 13.2 Å². The quantitative estimate of drug-likeness (QED) is 0.512. The van der Waals surface area contributed by atoms with Crippen LogP contribution in [0, 0.1) is 0 Å². The molecule has 0 amide bonds. The molecule has 10 heavy (non-hydrogen) atoms. The third-order valence-electron chi connectivity index (χ3n) is 0.554. The van der Waals surface area contributed by atoms with E-state index in [0.717, 1.165) is 0 Å². The molecular weight excluding hydrogens is 136 g/mol. The zero-order valence-electron chi connectivity index (χ0n) is 6.04. The largest absolute Gasteiger partial charge is 0.550 e. The standard InChI is InChI=1S/C4H8O2.C2H6O2/c1-2-3-4(5)6;3-1-2-4/h2-3H2,1H3,(H,5,6);3-4H,1-2H2/p-1. The number of carbonyl (C=O) groups excluding carboxylic acids is 1. The zero-order chi connectivity index (χ0) is 8.41. The summed E-state index contributed by atoms with van der Waals surface area (Å²) in [6.45, 7) is 1.55. The number of aliphatic hydroxyl groups excluding tert-OH is 2. The molecule has 0 radical (unpaired) electrons. The van der Waals surface area contributed by atoms with Gasteiger partial charge in [0.15, 0.2) is 0 Å². The Bertz CT molecular complexity index is 70.1.